The lowest BCUT2D eigenvalue weighted by Crippen LogP contribution is -2.41. The molecule has 4 nitrogen and oxygen atoms in total. The summed E-state index contributed by atoms with van der Waals surface area (Å²) in [5, 5.41) is 12.4. The van der Waals surface area contributed by atoms with Gasteiger partial charge >= 0.3 is 0 Å². The SMILES string of the molecule is O=C(/C=C/c1ccc(F)cc1)N(CCO)CC1CCCN1. The van der Waals surface area contributed by atoms with Gasteiger partial charge in [0.25, 0.3) is 0 Å². The van der Waals surface area contributed by atoms with E-state index in [0.29, 0.717) is 19.1 Å². The van der Waals surface area contributed by atoms with Crippen LogP contribution in [0.3, 0.4) is 0 Å². The molecule has 2 N–H and O–H groups in total. The van der Waals surface area contributed by atoms with Gasteiger partial charge in [0.15, 0.2) is 0 Å². The molecule has 0 saturated carbocycles. The maximum Gasteiger partial charge on any atom is 0.246 e. The number of benzene rings is 1. The minimum Gasteiger partial charge on any atom is -0.395 e. The molecule has 21 heavy (non-hydrogen) atoms. The Hall–Kier alpha value is -1.72. The summed E-state index contributed by atoms with van der Waals surface area (Å²) in [6.07, 6.45) is 5.31. The summed E-state index contributed by atoms with van der Waals surface area (Å²) in [6.45, 7) is 1.86. The Morgan fingerprint density at radius 2 is 2.19 bits per heavy atom. The summed E-state index contributed by atoms with van der Waals surface area (Å²) < 4.78 is 12.8. The van der Waals surface area contributed by atoms with E-state index < -0.39 is 0 Å². The molecule has 1 fully saturated rings. The molecular weight excluding hydrogens is 271 g/mol. The molecule has 1 heterocycles. The van der Waals surface area contributed by atoms with Crippen molar-refractivity contribution in [1.29, 1.82) is 0 Å². The van der Waals surface area contributed by atoms with Crippen LogP contribution in [-0.4, -0.2) is 48.2 Å². The number of hydrogen-bond donors (Lipinski definition) is 2. The molecule has 1 unspecified atom stereocenters. The van der Waals surface area contributed by atoms with Crippen LogP contribution in [0.1, 0.15) is 18.4 Å². The van der Waals surface area contributed by atoms with Gasteiger partial charge < -0.3 is 15.3 Å². The van der Waals surface area contributed by atoms with Crippen LogP contribution < -0.4 is 5.32 Å². The fourth-order valence-electron chi connectivity index (χ4n) is 2.44. The highest BCUT2D eigenvalue weighted by Gasteiger charge is 2.19. The zero-order valence-electron chi connectivity index (χ0n) is 12.0. The van der Waals surface area contributed by atoms with Crippen LogP contribution in [0.25, 0.3) is 6.08 Å². The van der Waals surface area contributed by atoms with Crippen LogP contribution in [0.2, 0.25) is 0 Å². The first-order valence-electron chi connectivity index (χ1n) is 7.26. The van der Waals surface area contributed by atoms with Crippen molar-refractivity contribution in [2.24, 2.45) is 0 Å². The van der Waals surface area contributed by atoms with Crippen molar-refractivity contribution in [3.05, 3.63) is 41.7 Å². The summed E-state index contributed by atoms with van der Waals surface area (Å²) in [7, 11) is 0. The van der Waals surface area contributed by atoms with Crippen molar-refractivity contribution < 1.29 is 14.3 Å². The number of carbonyl (C=O) groups is 1. The maximum atomic E-state index is 12.8. The number of halogens is 1. The van der Waals surface area contributed by atoms with Gasteiger partial charge in [-0.2, -0.15) is 0 Å². The van der Waals surface area contributed by atoms with E-state index in [2.05, 4.69) is 5.32 Å². The molecule has 0 bridgehead atoms. The second-order valence-electron chi connectivity index (χ2n) is 5.19. The van der Waals surface area contributed by atoms with Crippen LogP contribution in [0.5, 0.6) is 0 Å². The standard InChI is InChI=1S/C16H21FN2O2/c17-14-6-3-13(4-7-14)5-8-16(21)19(10-11-20)12-15-2-1-9-18-15/h3-8,15,18,20H,1-2,9-12H2/b8-5+. The van der Waals surface area contributed by atoms with Crippen molar-refractivity contribution >= 4 is 12.0 Å². The average molecular weight is 292 g/mol. The topological polar surface area (TPSA) is 52.6 Å². The molecule has 114 valence electrons. The number of carbonyl (C=O) groups excluding carboxylic acids is 1. The lowest BCUT2D eigenvalue weighted by atomic mass is 10.2. The minimum atomic E-state index is -0.298. The van der Waals surface area contributed by atoms with E-state index in [1.807, 2.05) is 0 Å². The molecule has 1 aromatic rings. The normalized spacial score (nSPS) is 18.3. The maximum absolute atomic E-state index is 12.8. The molecule has 1 aliphatic heterocycles. The smallest absolute Gasteiger partial charge is 0.246 e. The lowest BCUT2D eigenvalue weighted by Gasteiger charge is -2.24. The first-order chi connectivity index (χ1) is 10.2. The van der Waals surface area contributed by atoms with Gasteiger partial charge in [-0.1, -0.05) is 12.1 Å². The molecule has 1 saturated heterocycles. The van der Waals surface area contributed by atoms with Crippen molar-refractivity contribution in [3.8, 4) is 0 Å². The second-order valence-corrected chi connectivity index (χ2v) is 5.19. The molecule has 5 heteroatoms. The third-order valence-corrected chi connectivity index (χ3v) is 3.57. The highest BCUT2D eigenvalue weighted by molar-refractivity contribution is 5.91. The zero-order chi connectivity index (χ0) is 15.1. The average Bonchev–Trinajstić information content (AvgIpc) is 2.99. The molecule has 0 aliphatic carbocycles. The Kier molecular flexibility index (Phi) is 5.90. The van der Waals surface area contributed by atoms with E-state index in [4.69, 9.17) is 5.11 Å². The van der Waals surface area contributed by atoms with Crippen LogP contribution >= 0.6 is 0 Å². The summed E-state index contributed by atoms with van der Waals surface area (Å²) in [6, 6.07) is 6.26. The van der Waals surface area contributed by atoms with Crippen molar-refractivity contribution in [1.82, 2.24) is 10.2 Å². The summed E-state index contributed by atoms with van der Waals surface area (Å²) in [5.74, 6) is -0.435. The fourth-order valence-corrected chi connectivity index (χ4v) is 2.44. The van der Waals surface area contributed by atoms with Crippen molar-refractivity contribution in [2.75, 3.05) is 26.2 Å². The van der Waals surface area contributed by atoms with E-state index in [1.165, 1.54) is 18.2 Å². The highest BCUT2D eigenvalue weighted by atomic mass is 19.1. The zero-order valence-corrected chi connectivity index (χ0v) is 12.0. The van der Waals surface area contributed by atoms with Crippen LogP contribution in [0, 0.1) is 5.82 Å². The van der Waals surface area contributed by atoms with Crippen LogP contribution in [0.4, 0.5) is 4.39 Å². The molecule has 1 amide bonds. The number of hydrogen-bond acceptors (Lipinski definition) is 3. The van der Waals surface area contributed by atoms with E-state index in [-0.39, 0.29) is 18.3 Å². The number of nitrogens with zero attached hydrogens (tertiary/aromatic N) is 1. The van der Waals surface area contributed by atoms with Gasteiger partial charge in [-0.25, -0.2) is 4.39 Å². The molecule has 0 aromatic heterocycles. The van der Waals surface area contributed by atoms with Gasteiger partial charge in [0, 0.05) is 25.2 Å². The molecule has 0 radical (unpaired) electrons. The Bertz CT molecular complexity index is 482. The monoisotopic (exact) mass is 292 g/mol. The van der Waals surface area contributed by atoms with Crippen molar-refractivity contribution in [3.63, 3.8) is 0 Å². The first kappa shape index (κ1) is 15.7. The fraction of sp³-hybridized carbons (Fsp3) is 0.438. The summed E-state index contributed by atoms with van der Waals surface area (Å²) in [5.41, 5.74) is 0.771. The van der Waals surface area contributed by atoms with E-state index >= 15 is 0 Å². The van der Waals surface area contributed by atoms with Crippen LogP contribution in [0.15, 0.2) is 30.3 Å². The highest BCUT2D eigenvalue weighted by Crippen LogP contribution is 2.09. The third kappa shape index (κ3) is 4.95. The largest absolute Gasteiger partial charge is 0.395 e. The lowest BCUT2D eigenvalue weighted by molar-refractivity contribution is -0.126. The number of rotatable bonds is 6. The molecule has 1 atom stereocenters. The molecule has 2 rings (SSSR count). The number of amides is 1. The predicted molar refractivity (Wildman–Crippen MR) is 80.1 cm³/mol. The van der Waals surface area contributed by atoms with Gasteiger partial charge in [0.05, 0.1) is 6.61 Å². The molecular formula is C16H21FN2O2. The van der Waals surface area contributed by atoms with E-state index in [0.717, 1.165) is 24.9 Å². The Morgan fingerprint density at radius 3 is 2.81 bits per heavy atom. The van der Waals surface area contributed by atoms with Gasteiger partial charge in [-0.05, 0) is 43.2 Å². The van der Waals surface area contributed by atoms with Gasteiger partial charge in [-0.15, -0.1) is 0 Å². The minimum absolute atomic E-state index is 0.0527. The quantitative estimate of drug-likeness (QED) is 0.780. The van der Waals surface area contributed by atoms with E-state index in [9.17, 15) is 9.18 Å². The van der Waals surface area contributed by atoms with Gasteiger partial charge in [-0.3, -0.25) is 4.79 Å². The Labute approximate surface area is 124 Å². The van der Waals surface area contributed by atoms with Gasteiger partial charge in [0.2, 0.25) is 5.91 Å². The van der Waals surface area contributed by atoms with Crippen molar-refractivity contribution in [2.45, 2.75) is 18.9 Å². The van der Waals surface area contributed by atoms with E-state index in [1.54, 1.807) is 23.1 Å². The predicted octanol–water partition coefficient (Wildman–Crippen LogP) is 1.41. The molecule has 1 aliphatic rings. The van der Waals surface area contributed by atoms with Gasteiger partial charge in [0.1, 0.15) is 5.82 Å². The molecule has 0 spiro atoms. The summed E-state index contributed by atoms with van der Waals surface area (Å²) >= 11 is 0. The number of aliphatic hydroxyl groups is 1. The number of aliphatic hydroxyl groups excluding tert-OH is 1. The third-order valence-electron chi connectivity index (χ3n) is 3.57. The first-order valence-corrected chi connectivity index (χ1v) is 7.26. The van der Waals surface area contributed by atoms with Crippen LogP contribution in [-0.2, 0) is 4.79 Å². The Balaban J connectivity index is 1.95. The number of nitrogens with one attached hydrogen (secondary N) is 1. The second kappa shape index (κ2) is 7.90. The summed E-state index contributed by atoms with van der Waals surface area (Å²) in [4.78, 5) is 13.8. The Morgan fingerprint density at radius 1 is 1.43 bits per heavy atom. The molecule has 1 aromatic carbocycles.